The van der Waals surface area contributed by atoms with Crippen molar-refractivity contribution < 1.29 is 4.79 Å². The van der Waals surface area contributed by atoms with Gasteiger partial charge in [-0.15, -0.1) is 0 Å². The smallest absolute Gasteiger partial charge is 0.269 e. The van der Waals surface area contributed by atoms with Gasteiger partial charge in [0.25, 0.3) is 5.91 Å². The van der Waals surface area contributed by atoms with Crippen LogP contribution in [0.15, 0.2) is 37.1 Å². The number of aromatic nitrogens is 3. The fourth-order valence-corrected chi connectivity index (χ4v) is 1.37. The summed E-state index contributed by atoms with van der Waals surface area (Å²) < 4.78 is 1.82. The lowest BCUT2D eigenvalue weighted by atomic mass is 10.3. The van der Waals surface area contributed by atoms with Gasteiger partial charge < -0.3 is 9.88 Å². The van der Waals surface area contributed by atoms with E-state index in [1.807, 2.05) is 23.8 Å². The molecule has 82 valence electrons. The molecular weight excluding hydrogens is 204 g/mol. The molecule has 0 aliphatic rings. The SMILES string of the molecule is CCNC(=O)c1cc(-n2ccnc2)ccn1. The zero-order chi connectivity index (χ0) is 11.4. The fraction of sp³-hybridized carbons (Fsp3) is 0.182. The summed E-state index contributed by atoms with van der Waals surface area (Å²) in [7, 11) is 0. The van der Waals surface area contributed by atoms with Gasteiger partial charge in [-0.25, -0.2) is 4.98 Å². The molecule has 0 saturated carbocycles. The number of carbonyl (C=O) groups is 1. The first kappa shape index (κ1) is 10.4. The van der Waals surface area contributed by atoms with Crippen LogP contribution in [0.2, 0.25) is 0 Å². The van der Waals surface area contributed by atoms with Crippen molar-refractivity contribution in [1.29, 1.82) is 0 Å². The Balaban J connectivity index is 2.30. The maximum atomic E-state index is 11.6. The molecule has 0 aromatic carbocycles. The van der Waals surface area contributed by atoms with Crippen molar-refractivity contribution in [3.63, 3.8) is 0 Å². The second kappa shape index (κ2) is 4.57. The van der Waals surface area contributed by atoms with E-state index in [9.17, 15) is 4.79 Å². The molecule has 0 fully saturated rings. The predicted octanol–water partition coefficient (Wildman–Crippen LogP) is 1.02. The first-order valence-corrected chi connectivity index (χ1v) is 5.04. The van der Waals surface area contributed by atoms with Crippen molar-refractivity contribution >= 4 is 5.91 Å². The maximum Gasteiger partial charge on any atom is 0.269 e. The molecule has 0 bridgehead atoms. The lowest BCUT2D eigenvalue weighted by Gasteiger charge is -2.04. The molecule has 0 spiro atoms. The molecule has 1 N–H and O–H groups in total. The van der Waals surface area contributed by atoms with Crippen LogP contribution in [0.5, 0.6) is 0 Å². The van der Waals surface area contributed by atoms with Crippen molar-refractivity contribution in [1.82, 2.24) is 19.9 Å². The van der Waals surface area contributed by atoms with Crippen LogP contribution in [0, 0.1) is 0 Å². The van der Waals surface area contributed by atoms with Gasteiger partial charge in [-0.2, -0.15) is 0 Å². The van der Waals surface area contributed by atoms with Crippen LogP contribution in [0.1, 0.15) is 17.4 Å². The normalized spacial score (nSPS) is 10.1. The second-order valence-corrected chi connectivity index (χ2v) is 3.23. The molecule has 5 nitrogen and oxygen atoms in total. The van der Waals surface area contributed by atoms with Gasteiger partial charge in [-0.1, -0.05) is 0 Å². The van der Waals surface area contributed by atoms with Crippen LogP contribution in [-0.2, 0) is 0 Å². The molecule has 1 amide bonds. The van der Waals surface area contributed by atoms with E-state index in [1.54, 1.807) is 24.8 Å². The molecule has 0 aliphatic carbocycles. The summed E-state index contributed by atoms with van der Waals surface area (Å²) in [6.07, 6.45) is 6.79. The molecule has 0 saturated heterocycles. The standard InChI is InChI=1S/C11H12N4O/c1-2-13-11(16)10-7-9(3-4-14-10)15-6-5-12-8-15/h3-8H,2H2,1H3,(H,13,16). The van der Waals surface area contributed by atoms with E-state index >= 15 is 0 Å². The van der Waals surface area contributed by atoms with Gasteiger partial charge >= 0.3 is 0 Å². The number of nitrogens with one attached hydrogen (secondary N) is 1. The first-order chi connectivity index (χ1) is 7.81. The van der Waals surface area contributed by atoms with Gasteiger partial charge in [0.05, 0.1) is 12.0 Å². The predicted molar refractivity (Wildman–Crippen MR) is 59.4 cm³/mol. The Bertz CT molecular complexity index is 478. The number of imidazole rings is 1. The molecule has 2 aromatic heterocycles. The van der Waals surface area contributed by atoms with Crippen LogP contribution in [-0.4, -0.2) is 27.0 Å². The summed E-state index contributed by atoms with van der Waals surface area (Å²) in [6.45, 7) is 2.47. The number of hydrogen-bond donors (Lipinski definition) is 1. The molecule has 16 heavy (non-hydrogen) atoms. The number of rotatable bonds is 3. The van der Waals surface area contributed by atoms with Gasteiger partial charge in [0.1, 0.15) is 5.69 Å². The molecule has 2 rings (SSSR count). The van der Waals surface area contributed by atoms with Crippen molar-refractivity contribution in [3.8, 4) is 5.69 Å². The van der Waals surface area contributed by atoms with Crippen molar-refractivity contribution in [2.75, 3.05) is 6.54 Å². The largest absolute Gasteiger partial charge is 0.351 e. The Hall–Kier alpha value is -2.17. The summed E-state index contributed by atoms with van der Waals surface area (Å²) in [6, 6.07) is 3.55. The van der Waals surface area contributed by atoms with E-state index in [-0.39, 0.29) is 5.91 Å². The van der Waals surface area contributed by atoms with Crippen molar-refractivity contribution in [2.45, 2.75) is 6.92 Å². The van der Waals surface area contributed by atoms with E-state index in [0.717, 1.165) is 5.69 Å². The van der Waals surface area contributed by atoms with Crippen molar-refractivity contribution in [3.05, 3.63) is 42.7 Å². The van der Waals surface area contributed by atoms with Gasteiger partial charge in [-0.05, 0) is 19.1 Å². The molecule has 0 atom stereocenters. The summed E-state index contributed by atoms with van der Waals surface area (Å²) in [5, 5.41) is 2.71. The Morgan fingerprint density at radius 1 is 1.50 bits per heavy atom. The quantitative estimate of drug-likeness (QED) is 0.833. The van der Waals surface area contributed by atoms with Crippen LogP contribution in [0.3, 0.4) is 0 Å². The van der Waals surface area contributed by atoms with Gasteiger partial charge in [0.2, 0.25) is 0 Å². The van der Waals surface area contributed by atoms with Crippen LogP contribution in [0.25, 0.3) is 5.69 Å². The third-order valence-corrected chi connectivity index (χ3v) is 2.12. The Labute approximate surface area is 93.2 Å². The Morgan fingerprint density at radius 2 is 2.38 bits per heavy atom. The van der Waals surface area contributed by atoms with Crippen LogP contribution < -0.4 is 5.32 Å². The lowest BCUT2D eigenvalue weighted by Crippen LogP contribution is -2.23. The average Bonchev–Trinajstić information content (AvgIpc) is 2.83. The fourth-order valence-electron chi connectivity index (χ4n) is 1.37. The van der Waals surface area contributed by atoms with E-state index in [4.69, 9.17) is 0 Å². The molecule has 0 aliphatic heterocycles. The van der Waals surface area contributed by atoms with E-state index in [2.05, 4.69) is 15.3 Å². The third-order valence-electron chi connectivity index (χ3n) is 2.12. The van der Waals surface area contributed by atoms with Gasteiger partial charge in [0, 0.05) is 25.1 Å². The highest BCUT2D eigenvalue weighted by Crippen LogP contribution is 2.07. The maximum absolute atomic E-state index is 11.6. The molecule has 0 radical (unpaired) electrons. The lowest BCUT2D eigenvalue weighted by molar-refractivity contribution is 0.0951. The summed E-state index contributed by atoms with van der Waals surface area (Å²) in [4.78, 5) is 19.5. The van der Waals surface area contributed by atoms with Crippen LogP contribution in [0.4, 0.5) is 0 Å². The average molecular weight is 216 g/mol. The topological polar surface area (TPSA) is 59.8 Å². The molecule has 5 heteroatoms. The van der Waals surface area contributed by atoms with Gasteiger partial charge in [0.15, 0.2) is 0 Å². The zero-order valence-electron chi connectivity index (χ0n) is 8.92. The highest BCUT2D eigenvalue weighted by atomic mass is 16.1. The van der Waals surface area contributed by atoms with Crippen molar-refractivity contribution in [2.24, 2.45) is 0 Å². The summed E-state index contributed by atoms with van der Waals surface area (Å²) in [5.41, 5.74) is 1.28. The Morgan fingerprint density at radius 3 is 3.06 bits per heavy atom. The highest BCUT2D eigenvalue weighted by molar-refractivity contribution is 5.92. The second-order valence-electron chi connectivity index (χ2n) is 3.23. The summed E-state index contributed by atoms with van der Waals surface area (Å²) in [5.74, 6) is -0.163. The summed E-state index contributed by atoms with van der Waals surface area (Å²) >= 11 is 0. The molecule has 0 unspecified atom stereocenters. The number of carbonyl (C=O) groups excluding carboxylic acids is 1. The minimum atomic E-state index is -0.163. The number of hydrogen-bond acceptors (Lipinski definition) is 3. The highest BCUT2D eigenvalue weighted by Gasteiger charge is 2.06. The van der Waals surface area contributed by atoms with E-state index in [0.29, 0.717) is 12.2 Å². The zero-order valence-corrected chi connectivity index (χ0v) is 8.92. The minimum absolute atomic E-state index is 0.163. The minimum Gasteiger partial charge on any atom is -0.351 e. The number of amides is 1. The molecule has 2 aromatic rings. The van der Waals surface area contributed by atoms with Gasteiger partial charge in [-0.3, -0.25) is 9.78 Å². The van der Waals surface area contributed by atoms with E-state index in [1.165, 1.54) is 0 Å². The molecule has 2 heterocycles. The van der Waals surface area contributed by atoms with Crippen LogP contribution >= 0.6 is 0 Å². The monoisotopic (exact) mass is 216 g/mol. The Kier molecular flexibility index (Phi) is 2.95. The molecular formula is C11H12N4O. The number of nitrogens with zero attached hydrogens (tertiary/aromatic N) is 3. The number of pyridine rings is 1. The third kappa shape index (κ3) is 2.08. The van der Waals surface area contributed by atoms with E-state index < -0.39 is 0 Å². The first-order valence-electron chi connectivity index (χ1n) is 5.04.